The van der Waals surface area contributed by atoms with Crippen LogP contribution in [0.5, 0.6) is 5.75 Å². The Kier molecular flexibility index (Phi) is 6.22. The van der Waals surface area contributed by atoms with Crippen molar-refractivity contribution in [2.24, 2.45) is 7.05 Å². The molecule has 36 heavy (non-hydrogen) atoms. The Morgan fingerprint density at radius 1 is 1.22 bits per heavy atom. The van der Waals surface area contributed by atoms with Crippen molar-refractivity contribution in [2.45, 2.75) is 45.3 Å². The van der Waals surface area contributed by atoms with Gasteiger partial charge in [-0.2, -0.15) is 5.10 Å². The lowest BCUT2D eigenvalue weighted by Crippen LogP contribution is -2.30. The quantitative estimate of drug-likeness (QED) is 0.355. The summed E-state index contributed by atoms with van der Waals surface area (Å²) in [5.74, 6) is 0.652. The summed E-state index contributed by atoms with van der Waals surface area (Å²) in [4.78, 5) is 26.3. The van der Waals surface area contributed by atoms with Gasteiger partial charge in [-0.05, 0) is 50.1 Å². The Hall–Kier alpha value is -3.42. The molecule has 8 heteroatoms. The van der Waals surface area contributed by atoms with E-state index in [0.29, 0.717) is 45.0 Å². The summed E-state index contributed by atoms with van der Waals surface area (Å²) in [5.41, 5.74) is 3.49. The molecule has 1 aliphatic rings. The number of aldehydes is 1. The van der Waals surface area contributed by atoms with Crippen molar-refractivity contribution in [3.8, 4) is 28.0 Å². The molecule has 5 rings (SSSR count). The molecule has 0 saturated carbocycles. The van der Waals surface area contributed by atoms with Gasteiger partial charge in [-0.1, -0.05) is 41.9 Å². The molecular formula is C28H28ClN3O4. The molecule has 1 N–H and O–H groups in total. The zero-order valence-electron chi connectivity index (χ0n) is 20.7. The number of rotatable bonds is 5. The normalized spacial score (nSPS) is 14.4. The highest BCUT2D eigenvalue weighted by Crippen LogP contribution is 2.45. The summed E-state index contributed by atoms with van der Waals surface area (Å²) >= 11 is 6.99. The van der Waals surface area contributed by atoms with Gasteiger partial charge in [0.05, 0.1) is 34.5 Å². The van der Waals surface area contributed by atoms with Gasteiger partial charge in [0.15, 0.2) is 12.4 Å². The van der Waals surface area contributed by atoms with Gasteiger partial charge in [-0.25, -0.2) is 0 Å². The first kappa shape index (κ1) is 24.3. The third kappa shape index (κ3) is 4.12. The summed E-state index contributed by atoms with van der Waals surface area (Å²) in [7, 11) is 1.66. The first-order valence-corrected chi connectivity index (χ1v) is 12.3. The van der Waals surface area contributed by atoms with E-state index >= 15 is 0 Å². The highest BCUT2D eigenvalue weighted by Gasteiger charge is 2.30. The molecule has 186 valence electrons. The standard InChI is InChI=1S/C28H28ClN3O4/c1-28(2,3)36-21(15-33)25-22(20-11-10-16-7-6-12-35-26(16)24(20)29)19-9-5-8-18(17-13-30-31-14-17)23(19)27(34)32(25)4/h5,8-11,13-15,21H,6-7,12H2,1-4H3,(H,30,31)/t21-/m0/s1. The van der Waals surface area contributed by atoms with Crippen LogP contribution in [0.25, 0.3) is 33.0 Å². The second kappa shape index (κ2) is 9.22. The van der Waals surface area contributed by atoms with Crippen molar-refractivity contribution in [1.82, 2.24) is 14.8 Å². The van der Waals surface area contributed by atoms with Crippen LogP contribution in [0, 0.1) is 0 Å². The van der Waals surface area contributed by atoms with Crippen LogP contribution in [-0.2, 0) is 23.0 Å². The van der Waals surface area contributed by atoms with Crippen molar-refractivity contribution < 1.29 is 14.3 Å². The maximum absolute atomic E-state index is 13.9. The Morgan fingerprint density at radius 2 is 2.03 bits per heavy atom. The maximum atomic E-state index is 13.9. The number of H-pyrrole nitrogens is 1. The van der Waals surface area contributed by atoms with Crippen LogP contribution in [0.3, 0.4) is 0 Å². The van der Waals surface area contributed by atoms with Gasteiger partial charge in [0.1, 0.15) is 5.75 Å². The maximum Gasteiger partial charge on any atom is 0.259 e. The molecule has 0 bridgehead atoms. The number of carbonyl (C=O) groups excluding carboxylic acids is 1. The molecular weight excluding hydrogens is 478 g/mol. The lowest BCUT2D eigenvalue weighted by molar-refractivity contribution is -0.129. The summed E-state index contributed by atoms with van der Waals surface area (Å²) in [5, 5.41) is 8.53. The van der Waals surface area contributed by atoms with Crippen LogP contribution < -0.4 is 10.3 Å². The first-order valence-electron chi connectivity index (χ1n) is 11.9. The molecule has 3 heterocycles. The number of benzene rings is 2. The predicted octanol–water partition coefficient (Wildman–Crippen LogP) is 5.63. The Morgan fingerprint density at radius 3 is 2.72 bits per heavy atom. The van der Waals surface area contributed by atoms with E-state index in [4.69, 9.17) is 21.1 Å². The minimum absolute atomic E-state index is 0.241. The van der Waals surface area contributed by atoms with E-state index in [1.807, 2.05) is 51.1 Å². The Labute approximate surface area is 214 Å². The number of hydrogen-bond acceptors (Lipinski definition) is 5. The van der Waals surface area contributed by atoms with Crippen molar-refractivity contribution in [3.63, 3.8) is 0 Å². The van der Waals surface area contributed by atoms with E-state index in [2.05, 4.69) is 10.2 Å². The van der Waals surface area contributed by atoms with Crippen molar-refractivity contribution in [1.29, 1.82) is 0 Å². The smallest absolute Gasteiger partial charge is 0.259 e. The van der Waals surface area contributed by atoms with Crippen molar-refractivity contribution >= 4 is 28.7 Å². The highest BCUT2D eigenvalue weighted by atomic mass is 35.5. The highest BCUT2D eigenvalue weighted by molar-refractivity contribution is 6.35. The summed E-state index contributed by atoms with van der Waals surface area (Å²) in [6, 6.07) is 9.62. The van der Waals surface area contributed by atoms with Crippen LogP contribution in [0.15, 0.2) is 47.5 Å². The number of ether oxygens (including phenoxy) is 2. The largest absolute Gasteiger partial charge is 0.492 e. The van der Waals surface area contributed by atoms with Gasteiger partial charge in [0, 0.05) is 29.9 Å². The topological polar surface area (TPSA) is 86.2 Å². The van der Waals surface area contributed by atoms with Crippen LogP contribution in [0.2, 0.25) is 5.02 Å². The molecule has 1 atom stereocenters. The van der Waals surface area contributed by atoms with Crippen LogP contribution in [0.1, 0.15) is 44.6 Å². The first-order chi connectivity index (χ1) is 17.2. The molecule has 0 aliphatic carbocycles. The number of halogens is 1. The SMILES string of the molecule is Cn1c([C@H](C=O)OC(C)(C)C)c(-c2ccc3c(c2Cl)OCCC3)c2cccc(-c3cn[nH]c3)c2c1=O. The fourth-order valence-electron chi connectivity index (χ4n) is 4.94. The average Bonchev–Trinajstić information content (AvgIpc) is 3.39. The molecule has 4 aromatic rings. The number of pyridine rings is 1. The molecule has 0 fully saturated rings. The summed E-state index contributed by atoms with van der Waals surface area (Å²) in [6.07, 6.45) is 4.98. The second-order valence-corrected chi connectivity index (χ2v) is 10.4. The lowest BCUT2D eigenvalue weighted by atomic mass is 9.90. The van der Waals surface area contributed by atoms with E-state index < -0.39 is 11.7 Å². The molecule has 0 spiro atoms. The third-order valence-corrected chi connectivity index (χ3v) is 6.81. The minimum atomic E-state index is -0.993. The van der Waals surface area contributed by atoms with Gasteiger partial charge in [0.25, 0.3) is 5.56 Å². The molecule has 0 unspecified atom stereocenters. The van der Waals surface area contributed by atoms with Gasteiger partial charge >= 0.3 is 0 Å². The monoisotopic (exact) mass is 505 g/mol. The zero-order valence-corrected chi connectivity index (χ0v) is 21.5. The number of hydrogen-bond donors (Lipinski definition) is 1. The zero-order chi connectivity index (χ0) is 25.6. The average molecular weight is 506 g/mol. The second-order valence-electron chi connectivity index (χ2n) is 9.99. The summed E-state index contributed by atoms with van der Waals surface area (Å²) in [6.45, 7) is 6.21. The Bertz CT molecular complexity index is 1520. The van der Waals surface area contributed by atoms with E-state index in [9.17, 15) is 9.59 Å². The van der Waals surface area contributed by atoms with E-state index in [-0.39, 0.29) is 5.56 Å². The minimum Gasteiger partial charge on any atom is -0.492 e. The molecule has 0 amide bonds. The van der Waals surface area contributed by atoms with Gasteiger partial charge in [-0.15, -0.1) is 0 Å². The fourth-order valence-corrected chi connectivity index (χ4v) is 5.27. The number of carbonyl (C=O) groups is 1. The molecule has 2 aromatic heterocycles. The number of fused-ring (bicyclic) bond motifs is 2. The number of nitrogens with one attached hydrogen (secondary N) is 1. The van der Waals surface area contributed by atoms with Crippen LogP contribution in [0.4, 0.5) is 0 Å². The van der Waals surface area contributed by atoms with E-state index in [1.54, 1.807) is 19.4 Å². The molecule has 2 aromatic carbocycles. The van der Waals surface area contributed by atoms with Crippen LogP contribution in [-0.4, -0.2) is 33.3 Å². The number of aromatic amines is 1. The van der Waals surface area contributed by atoms with Crippen molar-refractivity contribution in [3.05, 3.63) is 69.4 Å². The van der Waals surface area contributed by atoms with Crippen molar-refractivity contribution in [2.75, 3.05) is 6.61 Å². The van der Waals surface area contributed by atoms with Crippen LogP contribution >= 0.6 is 11.6 Å². The molecule has 1 aliphatic heterocycles. The molecule has 0 saturated heterocycles. The van der Waals surface area contributed by atoms with Gasteiger partial charge in [0.2, 0.25) is 0 Å². The lowest BCUT2D eigenvalue weighted by Gasteiger charge is -2.29. The molecule has 7 nitrogen and oxygen atoms in total. The number of aromatic nitrogens is 3. The molecule has 0 radical (unpaired) electrons. The Balaban J connectivity index is 1.92. The third-order valence-electron chi connectivity index (χ3n) is 6.44. The predicted molar refractivity (Wildman–Crippen MR) is 141 cm³/mol. The van der Waals surface area contributed by atoms with Gasteiger partial charge < -0.3 is 18.8 Å². The fraction of sp³-hybridized carbons (Fsp3) is 0.321. The number of aryl methyl sites for hydroxylation is 1. The van der Waals surface area contributed by atoms with E-state index in [0.717, 1.165) is 35.8 Å². The van der Waals surface area contributed by atoms with E-state index in [1.165, 1.54) is 4.57 Å². The summed E-state index contributed by atoms with van der Waals surface area (Å²) < 4.78 is 13.6. The van der Waals surface area contributed by atoms with Gasteiger partial charge in [-0.3, -0.25) is 9.89 Å². The number of nitrogens with zero attached hydrogens (tertiary/aromatic N) is 2.